The number of cyclic esters (lactones) is 1. The van der Waals surface area contributed by atoms with Crippen molar-refractivity contribution in [3.63, 3.8) is 0 Å². The van der Waals surface area contributed by atoms with E-state index in [1.54, 1.807) is 24.3 Å². The molecule has 0 radical (unpaired) electrons. The number of carboxylic acids is 2. The summed E-state index contributed by atoms with van der Waals surface area (Å²) >= 11 is 0. The summed E-state index contributed by atoms with van der Waals surface area (Å²) in [6.45, 7) is 0.750. The second-order valence-electron chi connectivity index (χ2n) is 6.28. The Balaban J connectivity index is 2.33. The second-order valence-corrected chi connectivity index (χ2v) is 6.28. The molecule has 1 aromatic rings. The predicted molar refractivity (Wildman–Crippen MR) is 95.7 cm³/mol. The van der Waals surface area contributed by atoms with E-state index in [1.165, 1.54) is 6.21 Å². The quantitative estimate of drug-likeness (QED) is 0.174. The van der Waals surface area contributed by atoms with E-state index in [0.29, 0.717) is 11.1 Å². The molecule has 2 amide bonds. The average Bonchev–Trinajstić information content (AvgIpc) is 2.90. The zero-order chi connectivity index (χ0) is 21.9. The van der Waals surface area contributed by atoms with E-state index in [1.807, 2.05) is 0 Å². The summed E-state index contributed by atoms with van der Waals surface area (Å²) in [5, 5.41) is 22.1. The number of carbonyl (C=O) groups is 5. The molecule has 1 saturated heterocycles. The first-order chi connectivity index (χ1) is 13.5. The van der Waals surface area contributed by atoms with Gasteiger partial charge in [-0.1, -0.05) is 24.3 Å². The Labute approximate surface area is 163 Å². The number of aliphatic carboxylic acids is 2. The van der Waals surface area contributed by atoms with Crippen molar-refractivity contribution < 1.29 is 38.9 Å². The Hall–Kier alpha value is -3.80. The molecule has 1 aliphatic heterocycles. The number of Topliss-reactive ketones (excluding diaryl/α,β-unsaturated/α-hetero) is 1. The van der Waals surface area contributed by atoms with Crippen LogP contribution in [-0.4, -0.2) is 68.7 Å². The molecular weight excluding hydrogens is 388 g/mol. The highest BCUT2D eigenvalue weighted by atomic mass is 16.6. The molecule has 29 heavy (non-hydrogen) atoms. The molecule has 1 aliphatic rings. The summed E-state index contributed by atoms with van der Waals surface area (Å²) in [6.07, 6.45) is -1.55. The summed E-state index contributed by atoms with van der Waals surface area (Å²) in [5.41, 5.74) is 3.71. The van der Waals surface area contributed by atoms with Gasteiger partial charge in [0, 0.05) is 6.42 Å². The number of ether oxygens (including phenoxy) is 1. The van der Waals surface area contributed by atoms with Crippen molar-refractivity contribution in [1.29, 1.82) is 0 Å². The van der Waals surface area contributed by atoms with Crippen molar-refractivity contribution in [2.45, 2.75) is 31.0 Å². The minimum Gasteiger partial charge on any atom is -0.480 e. The number of benzene rings is 1. The lowest BCUT2D eigenvalue weighted by Crippen LogP contribution is -2.70. The maximum atomic E-state index is 12.6. The standard InChI is InChI=1S/C17H18N4O8/c1-8(22)17(18,15(26)27)12(14(24)25)21-13(23)11(29-16(21)28)6-9-2-4-10(5-3-9)7-20-19/h2-5,7,11-12H,6,18-19H2,1H3,(H,24,25)(H,26,27)/b20-7+/t11?,12?,17-/m0/s1. The van der Waals surface area contributed by atoms with Gasteiger partial charge in [-0.2, -0.15) is 5.10 Å². The van der Waals surface area contributed by atoms with Crippen LogP contribution in [0, 0.1) is 0 Å². The van der Waals surface area contributed by atoms with Crippen LogP contribution in [0.4, 0.5) is 4.79 Å². The number of hydrogen-bond donors (Lipinski definition) is 4. The number of rotatable bonds is 8. The highest BCUT2D eigenvalue weighted by Gasteiger charge is 2.60. The molecule has 0 aromatic heterocycles. The molecule has 12 nitrogen and oxygen atoms in total. The van der Waals surface area contributed by atoms with Crippen molar-refractivity contribution in [3.05, 3.63) is 35.4 Å². The van der Waals surface area contributed by atoms with E-state index in [2.05, 4.69) is 5.10 Å². The number of nitrogens with two attached hydrogens (primary N) is 2. The zero-order valence-electron chi connectivity index (χ0n) is 15.1. The van der Waals surface area contributed by atoms with Crippen LogP contribution in [0.25, 0.3) is 0 Å². The Morgan fingerprint density at radius 2 is 1.86 bits per heavy atom. The lowest BCUT2D eigenvalue weighted by Gasteiger charge is -2.32. The van der Waals surface area contributed by atoms with Crippen LogP contribution in [0.15, 0.2) is 29.4 Å². The molecule has 12 heteroatoms. The largest absolute Gasteiger partial charge is 0.480 e. The molecule has 2 unspecified atom stereocenters. The minimum absolute atomic E-state index is 0.0674. The van der Waals surface area contributed by atoms with E-state index in [-0.39, 0.29) is 11.3 Å². The number of carbonyl (C=O) groups excluding carboxylic acids is 3. The van der Waals surface area contributed by atoms with Gasteiger partial charge in [0.1, 0.15) is 0 Å². The molecule has 0 saturated carbocycles. The van der Waals surface area contributed by atoms with E-state index >= 15 is 0 Å². The van der Waals surface area contributed by atoms with Gasteiger partial charge in [-0.15, -0.1) is 0 Å². The van der Waals surface area contributed by atoms with Gasteiger partial charge in [0.05, 0.1) is 6.21 Å². The molecule has 0 aliphatic carbocycles. The maximum Gasteiger partial charge on any atom is 0.418 e. The molecule has 0 bridgehead atoms. The highest BCUT2D eigenvalue weighted by molar-refractivity contribution is 6.14. The van der Waals surface area contributed by atoms with Crippen LogP contribution in [-0.2, 0) is 30.3 Å². The van der Waals surface area contributed by atoms with Crippen LogP contribution in [0.2, 0.25) is 0 Å². The molecule has 1 fully saturated rings. The van der Waals surface area contributed by atoms with Gasteiger partial charge in [0.15, 0.2) is 17.9 Å². The van der Waals surface area contributed by atoms with Crippen molar-refractivity contribution in [1.82, 2.24) is 4.90 Å². The van der Waals surface area contributed by atoms with Crippen LogP contribution < -0.4 is 11.6 Å². The summed E-state index contributed by atoms with van der Waals surface area (Å²) in [4.78, 5) is 59.9. The lowest BCUT2D eigenvalue weighted by molar-refractivity contribution is -0.161. The van der Waals surface area contributed by atoms with Gasteiger partial charge in [0.25, 0.3) is 5.91 Å². The highest BCUT2D eigenvalue weighted by Crippen LogP contribution is 2.26. The summed E-state index contributed by atoms with van der Waals surface area (Å²) in [6, 6.07) is 4.00. The number of hydrogen-bond acceptors (Lipinski definition) is 9. The molecule has 2 rings (SSSR count). The third-order valence-corrected chi connectivity index (χ3v) is 4.44. The molecular formula is C17H18N4O8. The summed E-state index contributed by atoms with van der Waals surface area (Å²) in [5.74, 6) is -1.27. The minimum atomic E-state index is -3.04. The van der Waals surface area contributed by atoms with Crippen molar-refractivity contribution in [3.8, 4) is 0 Å². The third kappa shape index (κ3) is 3.91. The Kier molecular flexibility index (Phi) is 5.98. The first kappa shape index (κ1) is 21.5. The van der Waals surface area contributed by atoms with E-state index in [4.69, 9.17) is 16.3 Å². The van der Waals surface area contributed by atoms with Crippen molar-refractivity contribution in [2.75, 3.05) is 0 Å². The number of amides is 2. The van der Waals surface area contributed by atoms with Gasteiger partial charge < -0.3 is 26.5 Å². The molecule has 0 spiro atoms. The van der Waals surface area contributed by atoms with Crippen LogP contribution in [0.5, 0.6) is 0 Å². The molecule has 1 aromatic carbocycles. The van der Waals surface area contributed by atoms with Gasteiger partial charge >= 0.3 is 18.0 Å². The van der Waals surface area contributed by atoms with Gasteiger partial charge in [-0.25, -0.2) is 19.3 Å². The first-order valence-electron chi connectivity index (χ1n) is 8.16. The molecule has 154 valence electrons. The second kappa shape index (κ2) is 8.06. The number of hydrazone groups is 1. The van der Waals surface area contributed by atoms with Crippen LogP contribution >= 0.6 is 0 Å². The van der Waals surface area contributed by atoms with Crippen molar-refractivity contribution >= 4 is 35.9 Å². The third-order valence-electron chi connectivity index (χ3n) is 4.44. The zero-order valence-corrected chi connectivity index (χ0v) is 15.1. The summed E-state index contributed by atoms with van der Waals surface area (Å²) < 4.78 is 4.92. The maximum absolute atomic E-state index is 12.6. The van der Waals surface area contributed by atoms with Gasteiger partial charge in [-0.05, 0) is 18.1 Å². The fourth-order valence-corrected chi connectivity index (χ4v) is 2.84. The SMILES string of the molecule is CC(=O)[C@@](N)(C(=O)O)C(C(=O)O)N1C(=O)OC(Cc2ccc(/C=N/N)cc2)C1=O. The van der Waals surface area contributed by atoms with Crippen molar-refractivity contribution in [2.24, 2.45) is 16.7 Å². The Morgan fingerprint density at radius 3 is 2.31 bits per heavy atom. The van der Waals surface area contributed by atoms with Crippen LogP contribution in [0.1, 0.15) is 18.1 Å². The number of imide groups is 1. The van der Waals surface area contributed by atoms with Crippen LogP contribution in [0.3, 0.4) is 0 Å². The van der Waals surface area contributed by atoms with E-state index < -0.39 is 47.4 Å². The lowest BCUT2D eigenvalue weighted by atomic mass is 9.86. The Bertz CT molecular complexity index is 881. The monoisotopic (exact) mass is 406 g/mol. The normalized spacial score (nSPS) is 19.7. The smallest absolute Gasteiger partial charge is 0.418 e. The fraction of sp³-hybridized carbons (Fsp3) is 0.294. The Morgan fingerprint density at radius 1 is 1.28 bits per heavy atom. The molecule has 6 N–H and O–H groups in total. The van der Waals surface area contributed by atoms with E-state index in [9.17, 15) is 34.2 Å². The molecule has 3 atom stereocenters. The molecule has 1 heterocycles. The fourth-order valence-electron chi connectivity index (χ4n) is 2.84. The van der Waals surface area contributed by atoms with Gasteiger partial charge in [-0.3, -0.25) is 9.59 Å². The predicted octanol–water partition coefficient (Wildman–Crippen LogP) is -1.31. The van der Waals surface area contributed by atoms with E-state index in [0.717, 1.165) is 6.92 Å². The van der Waals surface area contributed by atoms with Gasteiger partial charge in [0.2, 0.25) is 5.54 Å². The number of ketones is 1. The number of carboxylic acid groups (broad SMARTS) is 2. The average molecular weight is 406 g/mol. The number of nitrogens with zero attached hydrogens (tertiary/aromatic N) is 2. The first-order valence-corrected chi connectivity index (χ1v) is 8.16. The summed E-state index contributed by atoms with van der Waals surface area (Å²) in [7, 11) is 0. The topological polar surface area (TPSA) is 203 Å².